The third-order valence-corrected chi connectivity index (χ3v) is 3.83. The lowest BCUT2D eigenvalue weighted by molar-refractivity contribution is 0.627. The highest BCUT2D eigenvalue weighted by Gasteiger charge is 2.10. The van der Waals surface area contributed by atoms with Crippen LogP contribution in [0.15, 0.2) is 45.7 Å². The molecular weight excluding hydrogens is 337 g/mol. The van der Waals surface area contributed by atoms with Gasteiger partial charge in [0.15, 0.2) is 0 Å². The van der Waals surface area contributed by atoms with E-state index in [-0.39, 0.29) is 17.5 Å². The van der Waals surface area contributed by atoms with Gasteiger partial charge in [0.2, 0.25) is 0 Å². The summed E-state index contributed by atoms with van der Waals surface area (Å²) in [4.78, 5) is 16.7. The molecule has 1 heterocycles. The highest BCUT2D eigenvalue weighted by atomic mass is 79.9. The maximum Gasteiger partial charge on any atom is 0.323 e. The van der Waals surface area contributed by atoms with Gasteiger partial charge in [-0.15, -0.1) is 0 Å². The first-order valence-corrected chi connectivity index (χ1v) is 7.26. The van der Waals surface area contributed by atoms with E-state index in [2.05, 4.69) is 31.2 Å². The van der Waals surface area contributed by atoms with Gasteiger partial charge in [-0.25, -0.2) is 9.18 Å². The van der Waals surface area contributed by atoms with Crippen molar-refractivity contribution in [2.45, 2.75) is 13.0 Å². The van der Waals surface area contributed by atoms with Crippen molar-refractivity contribution in [3.63, 3.8) is 0 Å². The maximum atomic E-state index is 13.8. The summed E-state index contributed by atoms with van der Waals surface area (Å²) in [6.07, 6.45) is 0. The van der Waals surface area contributed by atoms with E-state index in [1.54, 1.807) is 12.1 Å². The zero-order valence-corrected chi connectivity index (χ0v) is 12.8. The molecule has 0 fully saturated rings. The molecule has 3 N–H and O–H groups in total. The molecule has 0 amide bonds. The summed E-state index contributed by atoms with van der Waals surface area (Å²) in [6.45, 7) is 1.94. The average molecular weight is 350 g/mol. The summed E-state index contributed by atoms with van der Waals surface area (Å²) < 4.78 is 14.6. The van der Waals surface area contributed by atoms with Gasteiger partial charge < -0.3 is 15.3 Å². The standard InChI is InChI=1S/C15H13BrFN3O/c1-8(18-13-7-10(16)3-4-11(13)17)9-2-5-12-14(6-9)20-15(21)19-12/h2-8,18H,1H3,(H2,19,20,21). The number of hydrogen-bond donors (Lipinski definition) is 3. The van der Waals surface area contributed by atoms with Crippen LogP contribution in [0.3, 0.4) is 0 Å². The highest BCUT2D eigenvalue weighted by Crippen LogP contribution is 2.25. The Hall–Kier alpha value is -2.08. The zero-order valence-electron chi connectivity index (χ0n) is 11.2. The van der Waals surface area contributed by atoms with Crippen molar-refractivity contribution in [1.82, 2.24) is 9.97 Å². The number of aromatic nitrogens is 2. The molecule has 4 nitrogen and oxygen atoms in total. The number of fused-ring (bicyclic) bond motifs is 1. The van der Waals surface area contributed by atoms with Crippen LogP contribution in [0.25, 0.3) is 11.0 Å². The second kappa shape index (κ2) is 5.37. The smallest absolute Gasteiger partial charge is 0.323 e. The molecule has 0 aliphatic heterocycles. The Morgan fingerprint density at radius 1 is 1.14 bits per heavy atom. The number of benzene rings is 2. The Balaban J connectivity index is 1.90. The van der Waals surface area contributed by atoms with Gasteiger partial charge in [0.05, 0.1) is 16.7 Å². The second-order valence-electron chi connectivity index (χ2n) is 4.87. The van der Waals surface area contributed by atoms with Crippen molar-refractivity contribution >= 4 is 32.7 Å². The largest absolute Gasteiger partial charge is 0.376 e. The summed E-state index contributed by atoms with van der Waals surface area (Å²) in [5.41, 5.74) is 2.64. The molecule has 6 heteroatoms. The van der Waals surface area contributed by atoms with Gasteiger partial charge in [0.25, 0.3) is 0 Å². The number of halogens is 2. The highest BCUT2D eigenvalue weighted by molar-refractivity contribution is 9.10. The number of nitrogens with one attached hydrogen (secondary N) is 3. The number of anilines is 1. The fourth-order valence-electron chi connectivity index (χ4n) is 2.24. The molecule has 0 aliphatic rings. The van der Waals surface area contributed by atoms with Crippen LogP contribution >= 0.6 is 15.9 Å². The average Bonchev–Trinajstić information content (AvgIpc) is 2.81. The molecular formula is C15H13BrFN3O. The molecule has 0 aliphatic carbocycles. The van der Waals surface area contributed by atoms with E-state index in [0.29, 0.717) is 5.69 Å². The molecule has 1 unspecified atom stereocenters. The molecule has 3 rings (SSSR count). The minimum absolute atomic E-state index is 0.100. The van der Waals surface area contributed by atoms with Crippen LogP contribution in [0.1, 0.15) is 18.5 Å². The SMILES string of the molecule is CC(Nc1cc(Br)ccc1F)c1ccc2[nH]c(=O)[nH]c2c1. The number of imidazole rings is 1. The number of hydrogen-bond acceptors (Lipinski definition) is 2. The minimum Gasteiger partial charge on any atom is -0.376 e. The Kier molecular flexibility index (Phi) is 3.55. The van der Waals surface area contributed by atoms with Gasteiger partial charge in [-0.05, 0) is 42.8 Å². The lowest BCUT2D eigenvalue weighted by Crippen LogP contribution is -2.08. The van der Waals surface area contributed by atoms with Crippen LogP contribution < -0.4 is 11.0 Å². The van der Waals surface area contributed by atoms with E-state index in [1.165, 1.54) is 6.07 Å². The van der Waals surface area contributed by atoms with Crippen LogP contribution in [-0.2, 0) is 0 Å². The van der Waals surface area contributed by atoms with Crippen LogP contribution in [0, 0.1) is 5.82 Å². The van der Waals surface area contributed by atoms with Gasteiger partial charge in [0, 0.05) is 10.5 Å². The molecule has 2 aromatic carbocycles. The van der Waals surface area contributed by atoms with E-state index < -0.39 is 0 Å². The molecule has 0 saturated carbocycles. The first-order chi connectivity index (χ1) is 10.0. The monoisotopic (exact) mass is 349 g/mol. The van der Waals surface area contributed by atoms with Crippen LogP contribution in [0.5, 0.6) is 0 Å². The first kappa shape index (κ1) is 13.9. The van der Waals surface area contributed by atoms with Crippen LogP contribution in [-0.4, -0.2) is 9.97 Å². The van der Waals surface area contributed by atoms with Gasteiger partial charge in [-0.1, -0.05) is 22.0 Å². The zero-order chi connectivity index (χ0) is 15.0. The fourth-order valence-corrected chi connectivity index (χ4v) is 2.61. The Labute approximate surface area is 128 Å². The minimum atomic E-state index is -0.304. The number of aromatic amines is 2. The third kappa shape index (κ3) is 2.85. The van der Waals surface area contributed by atoms with E-state index in [4.69, 9.17) is 0 Å². The van der Waals surface area contributed by atoms with Gasteiger partial charge >= 0.3 is 5.69 Å². The fraction of sp³-hybridized carbons (Fsp3) is 0.133. The molecule has 0 spiro atoms. The molecule has 0 radical (unpaired) electrons. The van der Waals surface area contributed by atoms with Crippen molar-refractivity contribution in [2.24, 2.45) is 0 Å². The normalized spacial score (nSPS) is 12.5. The summed E-state index contributed by atoms with van der Waals surface area (Å²) >= 11 is 3.33. The van der Waals surface area contributed by atoms with Gasteiger partial charge in [-0.2, -0.15) is 0 Å². The van der Waals surface area contributed by atoms with E-state index in [9.17, 15) is 9.18 Å². The molecule has 21 heavy (non-hydrogen) atoms. The van der Waals surface area contributed by atoms with E-state index >= 15 is 0 Å². The first-order valence-electron chi connectivity index (χ1n) is 6.46. The molecule has 3 aromatic rings. The molecule has 108 valence electrons. The predicted molar refractivity (Wildman–Crippen MR) is 85.1 cm³/mol. The lowest BCUT2D eigenvalue weighted by Gasteiger charge is -2.16. The van der Waals surface area contributed by atoms with Crippen molar-refractivity contribution < 1.29 is 4.39 Å². The van der Waals surface area contributed by atoms with Gasteiger partial charge in [0.1, 0.15) is 5.82 Å². The quantitative estimate of drug-likeness (QED) is 0.670. The van der Waals surface area contributed by atoms with Crippen LogP contribution in [0.2, 0.25) is 0 Å². The second-order valence-corrected chi connectivity index (χ2v) is 5.79. The maximum absolute atomic E-state index is 13.8. The Morgan fingerprint density at radius 2 is 1.90 bits per heavy atom. The summed E-state index contributed by atoms with van der Waals surface area (Å²) in [7, 11) is 0. The molecule has 1 aromatic heterocycles. The molecule has 0 saturated heterocycles. The Morgan fingerprint density at radius 3 is 2.71 bits per heavy atom. The van der Waals surface area contributed by atoms with Crippen molar-refractivity contribution in [1.29, 1.82) is 0 Å². The Bertz CT molecular complexity index is 855. The number of rotatable bonds is 3. The van der Waals surface area contributed by atoms with Crippen LogP contribution in [0.4, 0.5) is 10.1 Å². The molecule has 0 bridgehead atoms. The molecule has 1 atom stereocenters. The van der Waals surface area contributed by atoms with Gasteiger partial charge in [-0.3, -0.25) is 0 Å². The van der Waals surface area contributed by atoms with Crippen molar-refractivity contribution in [3.05, 3.63) is 62.7 Å². The van der Waals surface area contributed by atoms with Crippen molar-refractivity contribution in [2.75, 3.05) is 5.32 Å². The van der Waals surface area contributed by atoms with E-state index in [1.807, 2.05) is 25.1 Å². The third-order valence-electron chi connectivity index (χ3n) is 3.34. The topological polar surface area (TPSA) is 60.7 Å². The summed E-state index contributed by atoms with van der Waals surface area (Å²) in [5.74, 6) is -0.304. The number of H-pyrrole nitrogens is 2. The lowest BCUT2D eigenvalue weighted by atomic mass is 10.1. The summed E-state index contributed by atoms with van der Waals surface area (Å²) in [6, 6.07) is 10.3. The van der Waals surface area contributed by atoms with Crippen molar-refractivity contribution in [3.8, 4) is 0 Å². The summed E-state index contributed by atoms with van der Waals surface area (Å²) in [5, 5.41) is 3.13. The predicted octanol–water partition coefficient (Wildman–Crippen LogP) is 3.93. The van der Waals surface area contributed by atoms with E-state index in [0.717, 1.165) is 21.1 Å².